The predicted molar refractivity (Wildman–Crippen MR) is 84.4 cm³/mol. The van der Waals surface area contributed by atoms with Crippen LogP contribution in [-0.2, 0) is 19.7 Å². The van der Waals surface area contributed by atoms with Crippen molar-refractivity contribution in [2.24, 2.45) is 0 Å². The molecule has 0 N–H and O–H groups in total. The van der Waals surface area contributed by atoms with E-state index in [-0.39, 0.29) is 18.2 Å². The fourth-order valence-corrected chi connectivity index (χ4v) is 3.08. The van der Waals surface area contributed by atoms with Crippen LogP contribution in [-0.4, -0.2) is 25.5 Å². The number of methoxy groups -OCH3 is 1. The van der Waals surface area contributed by atoms with Gasteiger partial charge in [0, 0.05) is 12.8 Å². The predicted octanol–water partition coefficient (Wildman–Crippen LogP) is 3.68. The van der Waals surface area contributed by atoms with Gasteiger partial charge in [0.25, 0.3) is 0 Å². The molecule has 0 bridgehead atoms. The third-order valence-corrected chi connectivity index (χ3v) is 4.44. The van der Waals surface area contributed by atoms with Crippen molar-refractivity contribution in [3.63, 3.8) is 0 Å². The van der Waals surface area contributed by atoms with Gasteiger partial charge < -0.3 is 9.47 Å². The molecule has 1 aromatic rings. The van der Waals surface area contributed by atoms with Gasteiger partial charge in [-0.3, -0.25) is 9.59 Å². The number of ether oxygens (including phenoxy) is 2. The van der Waals surface area contributed by atoms with E-state index in [4.69, 9.17) is 21.1 Å². The molecule has 0 spiro atoms. The van der Waals surface area contributed by atoms with Crippen LogP contribution in [0, 0.1) is 0 Å². The van der Waals surface area contributed by atoms with E-state index in [2.05, 4.69) is 6.92 Å². The maximum atomic E-state index is 12.2. The minimum atomic E-state index is -0.905. The van der Waals surface area contributed by atoms with Gasteiger partial charge in [0.1, 0.15) is 16.9 Å². The van der Waals surface area contributed by atoms with E-state index in [1.807, 2.05) is 6.07 Å². The molecular formula is C17H21ClO4. The van der Waals surface area contributed by atoms with Crippen LogP contribution >= 0.6 is 11.6 Å². The van der Waals surface area contributed by atoms with Crippen LogP contribution in [0.5, 0.6) is 5.75 Å². The van der Waals surface area contributed by atoms with Crippen molar-refractivity contribution in [2.75, 3.05) is 13.7 Å². The van der Waals surface area contributed by atoms with Crippen molar-refractivity contribution >= 4 is 23.4 Å². The summed E-state index contributed by atoms with van der Waals surface area (Å²) in [6.07, 6.45) is 3.03. The maximum Gasteiger partial charge on any atom is 0.316 e. The summed E-state index contributed by atoms with van der Waals surface area (Å²) < 4.78 is 10.5. The average Bonchev–Trinajstić information content (AvgIpc) is 2.91. The number of esters is 1. The summed E-state index contributed by atoms with van der Waals surface area (Å²) >= 11 is 6.27. The van der Waals surface area contributed by atoms with E-state index in [1.165, 1.54) is 7.11 Å². The number of carbonyl (C=O) groups is 2. The highest BCUT2D eigenvalue weighted by Crippen LogP contribution is 2.42. The van der Waals surface area contributed by atoms with Gasteiger partial charge in [-0.25, -0.2) is 0 Å². The van der Waals surface area contributed by atoms with E-state index in [0.29, 0.717) is 30.2 Å². The van der Waals surface area contributed by atoms with E-state index in [0.717, 1.165) is 18.4 Å². The number of ketones is 1. The molecule has 0 radical (unpaired) electrons. The number of hydrogen-bond donors (Lipinski definition) is 0. The third kappa shape index (κ3) is 3.27. The van der Waals surface area contributed by atoms with E-state index in [9.17, 15) is 9.59 Å². The van der Waals surface area contributed by atoms with Crippen molar-refractivity contribution in [1.82, 2.24) is 0 Å². The smallest absolute Gasteiger partial charge is 0.316 e. The Morgan fingerprint density at radius 1 is 1.41 bits per heavy atom. The molecule has 1 unspecified atom stereocenters. The third-order valence-electron chi connectivity index (χ3n) is 4.15. The Morgan fingerprint density at radius 2 is 2.18 bits per heavy atom. The van der Waals surface area contributed by atoms with E-state index in [1.54, 1.807) is 12.1 Å². The van der Waals surface area contributed by atoms with Crippen LogP contribution in [0.2, 0.25) is 5.02 Å². The molecule has 1 aliphatic rings. The maximum absolute atomic E-state index is 12.2. The minimum Gasteiger partial charge on any atom is -0.492 e. The van der Waals surface area contributed by atoms with Gasteiger partial charge >= 0.3 is 5.97 Å². The van der Waals surface area contributed by atoms with Gasteiger partial charge in [0.15, 0.2) is 0 Å². The molecule has 2 rings (SSSR count). The molecule has 22 heavy (non-hydrogen) atoms. The molecule has 5 heteroatoms. The van der Waals surface area contributed by atoms with E-state index < -0.39 is 5.41 Å². The topological polar surface area (TPSA) is 52.6 Å². The van der Waals surface area contributed by atoms with Gasteiger partial charge in [-0.05, 0) is 30.5 Å². The fraction of sp³-hybridized carbons (Fsp3) is 0.529. The number of hydrogen-bond acceptors (Lipinski definition) is 4. The molecule has 0 aromatic heterocycles. The largest absolute Gasteiger partial charge is 0.492 e. The zero-order chi connectivity index (χ0) is 16.2. The fourth-order valence-electron chi connectivity index (χ4n) is 2.84. The van der Waals surface area contributed by atoms with Crippen LogP contribution in [0.15, 0.2) is 18.2 Å². The first-order valence-electron chi connectivity index (χ1n) is 7.56. The zero-order valence-electron chi connectivity index (χ0n) is 13.0. The van der Waals surface area contributed by atoms with E-state index >= 15 is 0 Å². The van der Waals surface area contributed by atoms with Crippen LogP contribution in [0.25, 0.3) is 0 Å². The van der Waals surface area contributed by atoms with Crippen LogP contribution in [0.4, 0.5) is 0 Å². The molecule has 1 saturated carbocycles. The summed E-state index contributed by atoms with van der Waals surface area (Å²) in [6, 6.07) is 5.29. The Hall–Kier alpha value is -1.55. The number of benzene rings is 1. The summed E-state index contributed by atoms with van der Waals surface area (Å²) in [7, 11) is 1.34. The van der Waals surface area contributed by atoms with Gasteiger partial charge in [-0.1, -0.05) is 31.0 Å². The first-order chi connectivity index (χ1) is 10.5. The molecule has 120 valence electrons. The van der Waals surface area contributed by atoms with Crippen molar-refractivity contribution in [2.45, 2.75) is 44.4 Å². The number of carbonyl (C=O) groups excluding carboxylic acids is 2. The van der Waals surface area contributed by atoms with Crippen molar-refractivity contribution in [3.05, 3.63) is 28.8 Å². The van der Waals surface area contributed by atoms with Crippen LogP contribution in [0.3, 0.4) is 0 Å². The Kier molecular flexibility index (Phi) is 5.46. The quantitative estimate of drug-likeness (QED) is 0.591. The SMILES string of the molecule is CCCCOc1ccc(C2(C(=O)OC)CCC(=O)C2)cc1Cl. The van der Waals surface area contributed by atoms with Crippen molar-refractivity contribution in [1.29, 1.82) is 0 Å². The number of rotatable bonds is 6. The Morgan fingerprint density at radius 3 is 2.73 bits per heavy atom. The second-order valence-corrected chi connectivity index (χ2v) is 6.04. The van der Waals surface area contributed by atoms with Crippen molar-refractivity contribution in [3.8, 4) is 5.75 Å². The van der Waals surface area contributed by atoms with Gasteiger partial charge in [0.2, 0.25) is 0 Å². The highest BCUT2D eigenvalue weighted by atomic mass is 35.5. The Bertz CT molecular complexity index is 570. The first kappa shape index (κ1) is 16.8. The summed E-state index contributed by atoms with van der Waals surface area (Å²) in [5, 5.41) is 0.455. The molecule has 1 aliphatic carbocycles. The van der Waals surface area contributed by atoms with Gasteiger partial charge in [-0.15, -0.1) is 0 Å². The van der Waals surface area contributed by atoms with Gasteiger partial charge in [-0.2, -0.15) is 0 Å². The zero-order valence-corrected chi connectivity index (χ0v) is 13.7. The minimum absolute atomic E-state index is 0.0739. The summed E-state index contributed by atoms with van der Waals surface area (Å²) in [6.45, 7) is 2.70. The molecule has 0 amide bonds. The molecule has 1 aromatic carbocycles. The lowest BCUT2D eigenvalue weighted by molar-refractivity contribution is -0.148. The Labute approximate surface area is 135 Å². The first-order valence-corrected chi connectivity index (χ1v) is 7.94. The molecule has 1 atom stereocenters. The number of halogens is 1. The molecule has 1 fully saturated rings. The molecule has 4 nitrogen and oxygen atoms in total. The summed E-state index contributed by atoms with van der Waals surface area (Å²) in [5.74, 6) is 0.294. The molecule has 0 aliphatic heterocycles. The molecule has 0 saturated heterocycles. The monoisotopic (exact) mass is 324 g/mol. The van der Waals surface area contributed by atoms with Crippen molar-refractivity contribution < 1.29 is 19.1 Å². The summed E-state index contributed by atoms with van der Waals surface area (Å²) in [4.78, 5) is 24.0. The highest BCUT2D eigenvalue weighted by Gasteiger charge is 2.47. The molecule has 0 heterocycles. The second-order valence-electron chi connectivity index (χ2n) is 5.64. The van der Waals surface area contributed by atoms with Crippen LogP contribution < -0.4 is 4.74 Å². The highest BCUT2D eigenvalue weighted by molar-refractivity contribution is 6.32. The standard InChI is InChI=1S/C17H21ClO4/c1-3-4-9-22-15-6-5-12(10-14(15)18)17(16(20)21-2)8-7-13(19)11-17/h5-6,10H,3-4,7-9,11H2,1-2H3. The van der Waals surface area contributed by atoms with Crippen LogP contribution in [0.1, 0.15) is 44.6 Å². The molecular weight excluding hydrogens is 304 g/mol. The lowest BCUT2D eigenvalue weighted by atomic mass is 9.79. The summed E-state index contributed by atoms with van der Waals surface area (Å²) in [5.41, 5.74) is -0.185. The normalized spacial score (nSPS) is 21.0. The second kappa shape index (κ2) is 7.14. The lowest BCUT2D eigenvalue weighted by Crippen LogP contribution is -2.34. The average molecular weight is 325 g/mol. The lowest BCUT2D eigenvalue weighted by Gasteiger charge is -2.26. The Balaban J connectivity index is 2.28. The number of unbranched alkanes of at least 4 members (excludes halogenated alkanes) is 1. The van der Waals surface area contributed by atoms with Gasteiger partial charge in [0.05, 0.1) is 18.7 Å². The number of Topliss-reactive ketones (excluding diaryl/α,β-unsaturated/α-hetero) is 1.